The van der Waals surface area contributed by atoms with E-state index >= 15 is 0 Å². The van der Waals surface area contributed by atoms with Gasteiger partial charge in [0.2, 0.25) is 0 Å². The summed E-state index contributed by atoms with van der Waals surface area (Å²) in [4.78, 5) is 52.1. The summed E-state index contributed by atoms with van der Waals surface area (Å²) in [5.41, 5.74) is 6.04. The number of imide groups is 1. The molecule has 9 nitrogen and oxygen atoms in total. The minimum Gasteiger partial charge on any atom is -0.445 e. The molecule has 1 atom stereocenters. The fourth-order valence-corrected chi connectivity index (χ4v) is 3.48. The monoisotopic (exact) mass is 453 g/mol. The van der Waals surface area contributed by atoms with Crippen molar-refractivity contribution in [2.75, 3.05) is 13.2 Å². The molecule has 3 rings (SSSR count). The predicted molar refractivity (Wildman–Crippen MR) is 119 cm³/mol. The van der Waals surface area contributed by atoms with Gasteiger partial charge in [0, 0.05) is 12.1 Å². The van der Waals surface area contributed by atoms with E-state index in [4.69, 9.17) is 15.2 Å². The Bertz CT molecular complexity index is 1010. The van der Waals surface area contributed by atoms with Gasteiger partial charge in [-0.15, -0.1) is 0 Å². The summed E-state index contributed by atoms with van der Waals surface area (Å²) >= 11 is 0. The highest BCUT2D eigenvalue weighted by Crippen LogP contribution is 2.23. The molecule has 33 heavy (non-hydrogen) atoms. The number of rotatable bonds is 7. The number of hydrogen-bond donors (Lipinski definition) is 1. The molecular weight excluding hydrogens is 426 g/mol. The third-order valence-electron chi connectivity index (χ3n) is 5.15. The number of hydrogen-bond acceptors (Lipinski definition) is 6. The number of fused-ring (bicyclic) bond motifs is 1. The second-order valence-corrected chi connectivity index (χ2v) is 8.64. The van der Waals surface area contributed by atoms with Crippen LogP contribution < -0.4 is 5.73 Å². The molecule has 1 heterocycles. The highest BCUT2D eigenvalue weighted by atomic mass is 16.6. The second-order valence-electron chi connectivity index (χ2n) is 8.64. The number of carbonyl (C=O) groups excluding carboxylic acids is 4. The van der Waals surface area contributed by atoms with E-state index in [1.807, 2.05) is 51.1 Å². The summed E-state index contributed by atoms with van der Waals surface area (Å²) in [5.74, 6) is -1.03. The van der Waals surface area contributed by atoms with Gasteiger partial charge in [-0.05, 0) is 38.5 Å². The summed E-state index contributed by atoms with van der Waals surface area (Å²) in [6.07, 6.45) is -2.86. The van der Waals surface area contributed by atoms with Crippen LogP contribution in [0.1, 0.15) is 47.1 Å². The lowest BCUT2D eigenvalue weighted by atomic mass is 10.1. The van der Waals surface area contributed by atoms with Crippen LogP contribution in [0.3, 0.4) is 0 Å². The topological polar surface area (TPSA) is 119 Å². The number of ether oxygens (including phenoxy) is 2. The van der Waals surface area contributed by atoms with Crippen molar-refractivity contribution in [2.45, 2.75) is 39.0 Å². The first-order valence-corrected chi connectivity index (χ1v) is 10.5. The van der Waals surface area contributed by atoms with Gasteiger partial charge in [-0.2, -0.15) is 0 Å². The van der Waals surface area contributed by atoms with Gasteiger partial charge in [-0.25, -0.2) is 9.59 Å². The Morgan fingerprint density at radius 3 is 2.03 bits per heavy atom. The van der Waals surface area contributed by atoms with Crippen molar-refractivity contribution in [1.29, 1.82) is 0 Å². The molecule has 0 saturated heterocycles. The van der Waals surface area contributed by atoms with E-state index in [9.17, 15) is 19.2 Å². The lowest BCUT2D eigenvalue weighted by Gasteiger charge is -2.35. The predicted octanol–water partition coefficient (Wildman–Crippen LogP) is 3.18. The van der Waals surface area contributed by atoms with E-state index in [0.717, 1.165) is 10.5 Å². The van der Waals surface area contributed by atoms with Crippen LogP contribution in [-0.2, 0) is 16.0 Å². The number of carbonyl (C=O) groups is 4. The standard InChI is InChI=1S/C24H27N3O6/c1-24(2,3)27(13-16-9-5-4-6-10-16)23(31)32-15-17(33-22(25)30)14-26-20(28)18-11-7-8-12-19(18)21(26)29/h4-12,17H,13-15H2,1-3H3,(H2,25,30)/t17-/m0/s1. The minimum atomic E-state index is -1.12. The maximum absolute atomic E-state index is 12.9. The minimum absolute atomic E-state index is 0.263. The van der Waals surface area contributed by atoms with Crippen molar-refractivity contribution in [3.63, 3.8) is 0 Å². The third-order valence-corrected chi connectivity index (χ3v) is 5.15. The molecular formula is C24H27N3O6. The first kappa shape index (κ1) is 23.8. The van der Waals surface area contributed by atoms with Gasteiger partial charge in [0.1, 0.15) is 6.61 Å². The first-order chi connectivity index (χ1) is 15.6. The Morgan fingerprint density at radius 1 is 0.970 bits per heavy atom. The number of primary amides is 1. The Morgan fingerprint density at radius 2 is 1.52 bits per heavy atom. The van der Waals surface area contributed by atoms with Crippen molar-refractivity contribution >= 4 is 24.0 Å². The van der Waals surface area contributed by atoms with E-state index < -0.39 is 35.6 Å². The van der Waals surface area contributed by atoms with Crippen molar-refractivity contribution in [2.24, 2.45) is 5.73 Å². The number of nitrogens with zero attached hydrogens (tertiary/aromatic N) is 2. The summed E-state index contributed by atoms with van der Waals surface area (Å²) < 4.78 is 10.5. The zero-order chi connectivity index (χ0) is 24.2. The number of amides is 4. The Labute approximate surface area is 192 Å². The maximum Gasteiger partial charge on any atom is 0.410 e. The van der Waals surface area contributed by atoms with E-state index in [-0.39, 0.29) is 24.3 Å². The molecule has 0 aliphatic carbocycles. The van der Waals surface area contributed by atoms with E-state index in [1.165, 1.54) is 4.90 Å². The molecule has 0 spiro atoms. The van der Waals surface area contributed by atoms with Crippen molar-refractivity contribution in [1.82, 2.24) is 9.80 Å². The van der Waals surface area contributed by atoms with Crippen LogP contribution in [0.15, 0.2) is 54.6 Å². The fourth-order valence-electron chi connectivity index (χ4n) is 3.48. The molecule has 0 saturated carbocycles. The normalized spacial score (nSPS) is 14.0. The molecule has 0 radical (unpaired) electrons. The fraction of sp³-hybridized carbons (Fsp3) is 0.333. The van der Waals surface area contributed by atoms with Gasteiger partial charge in [0.05, 0.1) is 17.7 Å². The number of benzene rings is 2. The van der Waals surface area contributed by atoms with Crippen LogP contribution in [0.25, 0.3) is 0 Å². The maximum atomic E-state index is 12.9. The van der Waals surface area contributed by atoms with Crippen LogP contribution in [0.4, 0.5) is 9.59 Å². The number of nitrogens with two attached hydrogens (primary N) is 1. The van der Waals surface area contributed by atoms with Crippen LogP contribution >= 0.6 is 0 Å². The summed E-state index contributed by atoms with van der Waals surface area (Å²) in [5, 5.41) is 0. The summed E-state index contributed by atoms with van der Waals surface area (Å²) in [6, 6.07) is 15.8. The molecule has 2 aromatic carbocycles. The largest absolute Gasteiger partial charge is 0.445 e. The van der Waals surface area contributed by atoms with Crippen molar-refractivity contribution in [3.8, 4) is 0 Å². The molecule has 2 N–H and O–H groups in total. The molecule has 9 heteroatoms. The zero-order valence-corrected chi connectivity index (χ0v) is 18.8. The van der Waals surface area contributed by atoms with Gasteiger partial charge in [0.15, 0.2) is 6.10 Å². The molecule has 0 fully saturated rings. The highest BCUT2D eigenvalue weighted by Gasteiger charge is 2.38. The van der Waals surface area contributed by atoms with Crippen LogP contribution in [-0.4, -0.2) is 58.6 Å². The van der Waals surface area contributed by atoms with E-state index in [0.29, 0.717) is 6.54 Å². The van der Waals surface area contributed by atoms with E-state index in [2.05, 4.69) is 0 Å². The SMILES string of the molecule is CC(C)(C)N(Cc1ccccc1)C(=O)OC[C@H](CN1C(=O)c2ccccc2C1=O)OC(N)=O. The highest BCUT2D eigenvalue weighted by molar-refractivity contribution is 6.21. The average Bonchev–Trinajstić information content (AvgIpc) is 3.00. The molecule has 4 amide bonds. The first-order valence-electron chi connectivity index (χ1n) is 10.5. The molecule has 0 aromatic heterocycles. The molecule has 1 aliphatic rings. The Hall–Kier alpha value is -3.88. The molecule has 1 aliphatic heterocycles. The van der Waals surface area contributed by atoms with Gasteiger partial charge in [0.25, 0.3) is 11.8 Å². The van der Waals surface area contributed by atoms with Gasteiger partial charge >= 0.3 is 12.2 Å². The third kappa shape index (κ3) is 5.68. The van der Waals surface area contributed by atoms with Crippen LogP contribution in [0, 0.1) is 0 Å². The summed E-state index contributed by atoms with van der Waals surface area (Å²) in [6.45, 7) is 5.24. The Kier molecular flexibility index (Phi) is 7.01. The zero-order valence-electron chi connectivity index (χ0n) is 18.8. The van der Waals surface area contributed by atoms with E-state index in [1.54, 1.807) is 24.3 Å². The Balaban J connectivity index is 1.70. The smallest absolute Gasteiger partial charge is 0.410 e. The molecule has 0 bridgehead atoms. The molecule has 174 valence electrons. The molecule has 0 unspecified atom stereocenters. The van der Waals surface area contributed by atoms with Gasteiger partial charge in [-0.3, -0.25) is 19.4 Å². The lowest BCUT2D eigenvalue weighted by Crippen LogP contribution is -2.47. The average molecular weight is 453 g/mol. The van der Waals surface area contributed by atoms with Gasteiger partial charge < -0.3 is 15.2 Å². The molecule has 2 aromatic rings. The van der Waals surface area contributed by atoms with Crippen molar-refractivity contribution in [3.05, 3.63) is 71.3 Å². The van der Waals surface area contributed by atoms with Gasteiger partial charge in [-0.1, -0.05) is 42.5 Å². The lowest BCUT2D eigenvalue weighted by molar-refractivity contribution is 0.00900. The van der Waals surface area contributed by atoms with Crippen LogP contribution in [0.2, 0.25) is 0 Å². The summed E-state index contributed by atoms with van der Waals surface area (Å²) in [7, 11) is 0. The van der Waals surface area contributed by atoms with Crippen molar-refractivity contribution < 1.29 is 28.7 Å². The quantitative estimate of drug-likeness (QED) is 0.643. The van der Waals surface area contributed by atoms with Crippen LogP contribution in [0.5, 0.6) is 0 Å². The second kappa shape index (κ2) is 9.72.